The predicted octanol–water partition coefficient (Wildman–Crippen LogP) is 1.08. The van der Waals surface area contributed by atoms with Crippen LogP contribution in [0.25, 0.3) is 5.65 Å². The van der Waals surface area contributed by atoms with E-state index in [0.29, 0.717) is 23.6 Å². The quantitative estimate of drug-likeness (QED) is 0.231. The molecule has 2 amide bonds. The second-order valence-corrected chi connectivity index (χ2v) is 8.91. The van der Waals surface area contributed by atoms with E-state index in [2.05, 4.69) is 20.8 Å². The Hall–Kier alpha value is -3.58. The minimum atomic E-state index is -1.10. The molecule has 0 unspecified atom stereocenters. The Morgan fingerprint density at radius 3 is 2.57 bits per heavy atom. The fourth-order valence-corrected chi connectivity index (χ4v) is 3.26. The molecule has 2 aromatic heterocycles. The Labute approximate surface area is 215 Å². The molecule has 3 aromatic rings. The van der Waals surface area contributed by atoms with E-state index in [0.717, 1.165) is 5.56 Å². The van der Waals surface area contributed by atoms with E-state index in [1.807, 2.05) is 30.3 Å². The topological polar surface area (TPSA) is 162 Å². The number of pyridine rings is 1. The zero-order valence-electron chi connectivity index (χ0n) is 21.1. The molecule has 0 radical (unpaired) electrons. The van der Waals surface area contributed by atoms with E-state index < -0.39 is 17.7 Å². The summed E-state index contributed by atoms with van der Waals surface area (Å²) in [6, 6.07) is 12.6. The summed E-state index contributed by atoms with van der Waals surface area (Å²) < 4.78 is 18.0. The largest absolute Gasteiger partial charge is 0.445 e. The fourth-order valence-electron chi connectivity index (χ4n) is 3.26. The number of aromatic nitrogens is 3. The first-order chi connectivity index (χ1) is 17.8. The van der Waals surface area contributed by atoms with Crippen LogP contribution in [0.2, 0.25) is 0 Å². The van der Waals surface area contributed by atoms with Crippen molar-refractivity contribution in [2.45, 2.75) is 38.6 Å². The van der Waals surface area contributed by atoms with Crippen molar-refractivity contribution in [1.82, 2.24) is 25.2 Å². The lowest BCUT2D eigenvalue weighted by atomic mass is 10.1. The van der Waals surface area contributed by atoms with Crippen LogP contribution in [-0.2, 0) is 32.2 Å². The highest BCUT2D eigenvalue weighted by molar-refractivity contribution is 5.85. The van der Waals surface area contributed by atoms with Crippen LogP contribution in [0.5, 0.6) is 0 Å². The third-order valence-corrected chi connectivity index (χ3v) is 5.21. The minimum Gasteiger partial charge on any atom is -0.445 e. The van der Waals surface area contributed by atoms with Gasteiger partial charge in [-0.15, -0.1) is 10.2 Å². The first kappa shape index (κ1) is 28.0. The van der Waals surface area contributed by atoms with Crippen molar-refractivity contribution >= 4 is 17.6 Å². The van der Waals surface area contributed by atoms with Gasteiger partial charge in [-0.25, -0.2) is 4.79 Å². The standard InChI is InChI=1S/C25H34N6O6/c1-25(2,26)23(33)28-20(17-36-15-18-6-4-3-5-7-18)22-30-29-21-9-8-19(14-31(21)22)16-37-24(34)27-10-12-35-13-11-32/h3-9,14,20,32H,10-13,15-17,26H2,1-2H3,(H,27,34)(H,28,33)/t20-/m1/s1. The lowest BCUT2D eigenvalue weighted by Gasteiger charge is -2.23. The molecule has 12 heteroatoms. The van der Waals surface area contributed by atoms with Crippen molar-refractivity contribution in [2.75, 3.05) is 33.0 Å². The van der Waals surface area contributed by atoms with Gasteiger partial charge in [0.25, 0.3) is 0 Å². The maximum atomic E-state index is 12.7. The van der Waals surface area contributed by atoms with Crippen LogP contribution in [0.3, 0.4) is 0 Å². The number of ether oxygens (including phenoxy) is 3. The Kier molecular flexibility index (Phi) is 10.3. The van der Waals surface area contributed by atoms with Gasteiger partial charge in [0.15, 0.2) is 11.5 Å². The van der Waals surface area contributed by atoms with Gasteiger partial charge in [-0.1, -0.05) is 36.4 Å². The molecule has 5 N–H and O–H groups in total. The van der Waals surface area contributed by atoms with Crippen molar-refractivity contribution in [3.05, 3.63) is 65.6 Å². The molecule has 0 saturated carbocycles. The summed E-state index contributed by atoms with van der Waals surface area (Å²) in [6.07, 6.45) is 1.15. The summed E-state index contributed by atoms with van der Waals surface area (Å²) in [5.41, 5.74) is 7.13. The second kappa shape index (κ2) is 13.7. The van der Waals surface area contributed by atoms with Gasteiger partial charge in [-0.05, 0) is 25.5 Å². The van der Waals surface area contributed by atoms with Gasteiger partial charge in [-0.3, -0.25) is 9.20 Å². The number of carbonyl (C=O) groups excluding carboxylic acids is 2. The number of fused-ring (bicyclic) bond motifs is 1. The Morgan fingerprint density at radius 1 is 1.05 bits per heavy atom. The monoisotopic (exact) mass is 514 g/mol. The molecule has 0 aliphatic carbocycles. The van der Waals surface area contributed by atoms with E-state index >= 15 is 0 Å². The Bertz CT molecular complexity index is 1150. The SMILES string of the molecule is CC(C)(N)C(=O)N[C@H](COCc1ccccc1)c1nnc2ccc(COC(=O)NCCOCCO)cn12. The van der Waals surface area contributed by atoms with Gasteiger partial charge in [0.1, 0.15) is 12.6 Å². The number of nitrogens with zero attached hydrogens (tertiary/aromatic N) is 3. The number of rotatable bonds is 14. The number of amides is 2. The number of alkyl carbamates (subject to hydrolysis) is 1. The van der Waals surface area contributed by atoms with Crippen molar-refractivity contribution in [2.24, 2.45) is 5.73 Å². The number of nitrogens with one attached hydrogen (secondary N) is 2. The van der Waals surface area contributed by atoms with E-state index in [9.17, 15) is 9.59 Å². The molecule has 37 heavy (non-hydrogen) atoms. The molecule has 1 atom stereocenters. The second-order valence-electron chi connectivity index (χ2n) is 8.91. The molecule has 0 aliphatic rings. The number of hydrogen-bond donors (Lipinski definition) is 4. The molecule has 0 saturated heterocycles. The highest BCUT2D eigenvalue weighted by Crippen LogP contribution is 2.17. The summed E-state index contributed by atoms with van der Waals surface area (Å²) in [6.45, 7) is 4.39. The first-order valence-corrected chi connectivity index (χ1v) is 11.9. The molecule has 3 rings (SSSR count). The van der Waals surface area contributed by atoms with Gasteiger partial charge in [0.2, 0.25) is 5.91 Å². The highest BCUT2D eigenvalue weighted by Gasteiger charge is 2.28. The van der Waals surface area contributed by atoms with Crippen LogP contribution in [0, 0.1) is 0 Å². The van der Waals surface area contributed by atoms with Gasteiger partial charge >= 0.3 is 6.09 Å². The van der Waals surface area contributed by atoms with Gasteiger partial charge < -0.3 is 35.7 Å². The third-order valence-electron chi connectivity index (χ3n) is 5.21. The molecule has 12 nitrogen and oxygen atoms in total. The molecular weight excluding hydrogens is 480 g/mol. The summed E-state index contributed by atoms with van der Waals surface area (Å²) in [5, 5.41) is 22.6. The molecule has 2 heterocycles. The maximum absolute atomic E-state index is 12.7. The van der Waals surface area contributed by atoms with E-state index in [-0.39, 0.29) is 45.5 Å². The number of benzene rings is 1. The van der Waals surface area contributed by atoms with Crippen LogP contribution in [0.15, 0.2) is 48.7 Å². The summed E-state index contributed by atoms with van der Waals surface area (Å²) in [5.74, 6) is 0.0877. The van der Waals surface area contributed by atoms with E-state index in [4.69, 9.17) is 25.1 Å². The molecule has 0 spiro atoms. The lowest BCUT2D eigenvalue weighted by Crippen LogP contribution is -2.50. The van der Waals surface area contributed by atoms with Crippen molar-refractivity contribution < 1.29 is 28.9 Å². The molecular formula is C25H34N6O6. The van der Waals surface area contributed by atoms with Crippen LogP contribution in [0.4, 0.5) is 4.79 Å². The average Bonchev–Trinajstić information content (AvgIpc) is 3.30. The summed E-state index contributed by atoms with van der Waals surface area (Å²) in [4.78, 5) is 24.6. The van der Waals surface area contributed by atoms with Crippen molar-refractivity contribution in [1.29, 1.82) is 0 Å². The molecule has 1 aromatic carbocycles. The normalized spacial score (nSPS) is 12.3. The molecule has 0 fully saturated rings. The van der Waals surface area contributed by atoms with E-state index in [1.54, 1.807) is 36.6 Å². The average molecular weight is 515 g/mol. The van der Waals surface area contributed by atoms with Crippen molar-refractivity contribution in [3.8, 4) is 0 Å². The molecule has 200 valence electrons. The van der Waals surface area contributed by atoms with Crippen molar-refractivity contribution in [3.63, 3.8) is 0 Å². The fraction of sp³-hybridized carbons (Fsp3) is 0.440. The summed E-state index contributed by atoms with van der Waals surface area (Å²) in [7, 11) is 0. The van der Waals surface area contributed by atoms with Crippen LogP contribution < -0.4 is 16.4 Å². The Morgan fingerprint density at radius 2 is 1.84 bits per heavy atom. The predicted molar refractivity (Wildman–Crippen MR) is 134 cm³/mol. The summed E-state index contributed by atoms with van der Waals surface area (Å²) >= 11 is 0. The molecule has 0 bridgehead atoms. The first-order valence-electron chi connectivity index (χ1n) is 11.9. The number of aliphatic hydroxyl groups is 1. The van der Waals surface area contributed by atoms with Crippen LogP contribution in [-0.4, -0.2) is 70.2 Å². The third kappa shape index (κ3) is 8.79. The van der Waals surface area contributed by atoms with Gasteiger partial charge in [0.05, 0.1) is 38.6 Å². The number of carbonyl (C=O) groups is 2. The van der Waals surface area contributed by atoms with Crippen LogP contribution >= 0.6 is 0 Å². The maximum Gasteiger partial charge on any atom is 0.407 e. The number of nitrogens with two attached hydrogens (primary N) is 1. The number of aliphatic hydroxyl groups excluding tert-OH is 1. The Balaban J connectivity index is 1.69. The van der Waals surface area contributed by atoms with Gasteiger partial charge in [0, 0.05) is 18.3 Å². The zero-order valence-corrected chi connectivity index (χ0v) is 21.1. The number of hydrogen-bond acceptors (Lipinski definition) is 9. The smallest absolute Gasteiger partial charge is 0.407 e. The molecule has 0 aliphatic heterocycles. The zero-order chi connectivity index (χ0) is 26.7. The van der Waals surface area contributed by atoms with Crippen LogP contribution in [0.1, 0.15) is 36.8 Å². The highest BCUT2D eigenvalue weighted by atomic mass is 16.5. The lowest BCUT2D eigenvalue weighted by molar-refractivity contribution is -0.126. The van der Waals surface area contributed by atoms with Gasteiger partial charge in [-0.2, -0.15) is 0 Å². The minimum absolute atomic E-state index is 0.00819. The van der Waals surface area contributed by atoms with E-state index in [1.165, 1.54) is 0 Å².